The van der Waals surface area contributed by atoms with E-state index in [2.05, 4.69) is 25.3 Å². The molecule has 1 aromatic carbocycles. The Balaban J connectivity index is 2.01. The van der Waals surface area contributed by atoms with Gasteiger partial charge in [-0.2, -0.15) is 5.21 Å². The fraction of sp³-hybridized carbons (Fsp3) is 0.300. The summed E-state index contributed by atoms with van der Waals surface area (Å²) in [4.78, 5) is 0.0948. The van der Waals surface area contributed by atoms with Crippen molar-refractivity contribution in [1.29, 1.82) is 0 Å². The van der Waals surface area contributed by atoms with Crippen LogP contribution in [0.3, 0.4) is 0 Å². The molecule has 9 nitrogen and oxygen atoms in total. The Morgan fingerprint density at radius 2 is 2.05 bits per heavy atom. The van der Waals surface area contributed by atoms with E-state index < -0.39 is 10.0 Å². The lowest BCUT2D eigenvalue weighted by molar-refractivity contribution is 0.201. The van der Waals surface area contributed by atoms with Gasteiger partial charge in [0.1, 0.15) is 12.4 Å². The number of aliphatic hydroxyl groups is 1. The van der Waals surface area contributed by atoms with Crippen LogP contribution in [0, 0.1) is 0 Å². The average molecular weight is 299 g/mol. The molecule has 0 atom stereocenters. The summed E-state index contributed by atoms with van der Waals surface area (Å²) in [5, 5.41) is 21.5. The van der Waals surface area contributed by atoms with E-state index in [0.717, 1.165) is 0 Å². The molecule has 2 aromatic rings. The van der Waals surface area contributed by atoms with Crippen LogP contribution < -0.4 is 9.46 Å². The van der Waals surface area contributed by atoms with Crippen LogP contribution in [-0.4, -0.2) is 47.4 Å². The quantitative estimate of drug-likeness (QED) is 0.600. The van der Waals surface area contributed by atoms with Gasteiger partial charge in [0, 0.05) is 0 Å². The maximum Gasteiger partial charge on any atom is 0.240 e. The number of benzene rings is 1. The SMILES string of the molecule is O=S(=O)(NCc1nn[nH]n1)c1ccc(OCCO)cc1. The largest absolute Gasteiger partial charge is 0.491 e. The van der Waals surface area contributed by atoms with Crippen LogP contribution in [0.15, 0.2) is 29.2 Å². The van der Waals surface area contributed by atoms with Gasteiger partial charge in [0.25, 0.3) is 0 Å². The molecule has 3 N–H and O–H groups in total. The molecule has 0 saturated heterocycles. The standard InChI is InChI=1S/C10H13N5O4S/c16-5-6-19-8-1-3-9(4-2-8)20(17,18)11-7-10-12-14-15-13-10/h1-4,11,16H,5-7H2,(H,12,13,14,15). The number of sulfonamides is 1. The van der Waals surface area contributed by atoms with Crippen molar-refractivity contribution in [3.8, 4) is 5.75 Å². The molecule has 0 aliphatic heterocycles. The number of aliphatic hydroxyl groups excluding tert-OH is 1. The molecule has 0 radical (unpaired) electrons. The highest BCUT2D eigenvalue weighted by Gasteiger charge is 2.14. The molecule has 108 valence electrons. The zero-order valence-electron chi connectivity index (χ0n) is 10.4. The molecule has 0 saturated carbocycles. The van der Waals surface area contributed by atoms with Crippen LogP contribution in [0.1, 0.15) is 5.82 Å². The van der Waals surface area contributed by atoms with Crippen molar-refractivity contribution in [3.05, 3.63) is 30.1 Å². The zero-order chi connectivity index (χ0) is 14.4. The van der Waals surface area contributed by atoms with E-state index in [1.54, 1.807) is 0 Å². The molecule has 20 heavy (non-hydrogen) atoms. The third-order valence-corrected chi connectivity index (χ3v) is 3.72. The molecule has 10 heteroatoms. The van der Waals surface area contributed by atoms with E-state index in [1.807, 2.05) is 0 Å². The molecule has 0 amide bonds. The number of aromatic nitrogens is 4. The molecule has 0 spiro atoms. The first kappa shape index (κ1) is 14.4. The molecule has 0 bridgehead atoms. The molecule has 2 rings (SSSR count). The lowest BCUT2D eigenvalue weighted by Gasteiger charge is -2.07. The van der Waals surface area contributed by atoms with Crippen LogP contribution in [-0.2, 0) is 16.6 Å². The Hall–Kier alpha value is -2.04. The van der Waals surface area contributed by atoms with Gasteiger partial charge in [0.05, 0.1) is 18.0 Å². The van der Waals surface area contributed by atoms with Gasteiger partial charge in [0.2, 0.25) is 10.0 Å². The number of H-pyrrole nitrogens is 1. The van der Waals surface area contributed by atoms with Crippen molar-refractivity contribution < 1.29 is 18.3 Å². The molecule has 1 heterocycles. The second-order valence-electron chi connectivity index (χ2n) is 3.70. The summed E-state index contributed by atoms with van der Waals surface area (Å²) in [7, 11) is -3.65. The predicted octanol–water partition coefficient (Wildman–Crippen LogP) is -0.951. The summed E-state index contributed by atoms with van der Waals surface area (Å²) in [5.74, 6) is 0.729. The Kier molecular flexibility index (Phi) is 4.61. The molecule has 0 fully saturated rings. The average Bonchev–Trinajstić information content (AvgIpc) is 2.97. The van der Waals surface area contributed by atoms with E-state index in [4.69, 9.17) is 9.84 Å². The third kappa shape index (κ3) is 3.73. The summed E-state index contributed by atoms with van der Waals surface area (Å²) in [5.41, 5.74) is 0. The maximum absolute atomic E-state index is 12.0. The molecule has 0 aliphatic carbocycles. The molecular weight excluding hydrogens is 286 g/mol. The number of rotatable bonds is 7. The summed E-state index contributed by atoms with van der Waals surface area (Å²) in [6.45, 7) is -0.00389. The van der Waals surface area contributed by atoms with E-state index in [9.17, 15) is 8.42 Å². The summed E-state index contributed by atoms with van der Waals surface area (Å²) >= 11 is 0. The summed E-state index contributed by atoms with van der Waals surface area (Å²) in [6, 6.07) is 5.84. The van der Waals surface area contributed by atoms with Crippen LogP contribution in [0.5, 0.6) is 5.75 Å². The van der Waals surface area contributed by atoms with Crippen LogP contribution >= 0.6 is 0 Å². The van der Waals surface area contributed by atoms with E-state index in [-0.39, 0.29) is 30.5 Å². The van der Waals surface area contributed by atoms with Crippen molar-refractivity contribution >= 4 is 10.0 Å². The highest BCUT2D eigenvalue weighted by Crippen LogP contribution is 2.15. The first-order valence-corrected chi connectivity index (χ1v) is 7.16. The Labute approximate surface area is 115 Å². The number of hydrogen-bond donors (Lipinski definition) is 3. The zero-order valence-corrected chi connectivity index (χ0v) is 11.2. The van der Waals surface area contributed by atoms with Crippen LogP contribution in [0.25, 0.3) is 0 Å². The van der Waals surface area contributed by atoms with Gasteiger partial charge in [-0.15, -0.1) is 10.2 Å². The van der Waals surface area contributed by atoms with Crippen molar-refractivity contribution in [2.45, 2.75) is 11.4 Å². The summed E-state index contributed by atoms with van der Waals surface area (Å²) in [6.07, 6.45) is 0. The van der Waals surface area contributed by atoms with Crippen LogP contribution in [0.4, 0.5) is 0 Å². The lowest BCUT2D eigenvalue weighted by Crippen LogP contribution is -2.23. The van der Waals surface area contributed by atoms with E-state index in [0.29, 0.717) is 5.75 Å². The van der Waals surface area contributed by atoms with E-state index >= 15 is 0 Å². The van der Waals surface area contributed by atoms with E-state index in [1.165, 1.54) is 24.3 Å². The maximum atomic E-state index is 12.0. The molecule has 0 unspecified atom stereocenters. The highest BCUT2D eigenvalue weighted by atomic mass is 32.2. The van der Waals surface area contributed by atoms with Crippen LogP contribution in [0.2, 0.25) is 0 Å². The number of nitrogens with zero attached hydrogens (tertiary/aromatic N) is 3. The minimum atomic E-state index is -3.65. The second-order valence-corrected chi connectivity index (χ2v) is 5.46. The predicted molar refractivity (Wildman–Crippen MR) is 67.2 cm³/mol. The van der Waals surface area contributed by atoms with Gasteiger partial charge in [-0.3, -0.25) is 0 Å². The van der Waals surface area contributed by atoms with Gasteiger partial charge in [-0.25, -0.2) is 13.1 Å². The van der Waals surface area contributed by atoms with Gasteiger partial charge < -0.3 is 9.84 Å². The number of ether oxygens (including phenoxy) is 1. The summed E-state index contributed by atoms with van der Waals surface area (Å²) < 4.78 is 31.4. The lowest BCUT2D eigenvalue weighted by atomic mass is 10.3. The number of tetrazole rings is 1. The number of aromatic amines is 1. The smallest absolute Gasteiger partial charge is 0.240 e. The fourth-order valence-corrected chi connectivity index (χ4v) is 2.36. The van der Waals surface area contributed by atoms with Crippen molar-refractivity contribution in [3.63, 3.8) is 0 Å². The first-order chi connectivity index (χ1) is 9.62. The highest BCUT2D eigenvalue weighted by molar-refractivity contribution is 7.89. The van der Waals surface area contributed by atoms with Gasteiger partial charge >= 0.3 is 0 Å². The molecule has 0 aliphatic rings. The third-order valence-electron chi connectivity index (χ3n) is 2.30. The number of nitrogens with one attached hydrogen (secondary N) is 2. The van der Waals surface area contributed by atoms with Gasteiger partial charge in [-0.05, 0) is 24.3 Å². The normalized spacial score (nSPS) is 11.4. The van der Waals surface area contributed by atoms with Crippen molar-refractivity contribution in [2.24, 2.45) is 0 Å². The van der Waals surface area contributed by atoms with Crippen molar-refractivity contribution in [2.75, 3.05) is 13.2 Å². The minimum Gasteiger partial charge on any atom is -0.491 e. The van der Waals surface area contributed by atoms with Gasteiger partial charge in [-0.1, -0.05) is 5.21 Å². The fourth-order valence-electron chi connectivity index (χ4n) is 1.38. The Bertz CT molecular complexity index is 626. The van der Waals surface area contributed by atoms with Gasteiger partial charge in [0.15, 0.2) is 5.82 Å². The van der Waals surface area contributed by atoms with Crippen molar-refractivity contribution in [1.82, 2.24) is 25.3 Å². The topological polar surface area (TPSA) is 130 Å². The molecule has 1 aromatic heterocycles. The second kappa shape index (κ2) is 6.41. The molecular formula is C10H13N5O4S. The Morgan fingerprint density at radius 1 is 1.30 bits per heavy atom. The Morgan fingerprint density at radius 3 is 2.65 bits per heavy atom. The monoisotopic (exact) mass is 299 g/mol. The minimum absolute atomic E-state index is 0.0540. The first-order valence-electron chi connectivity index (χ1n) is 5.67. The number of hydrogen-bond acceptors (Lipinski definition) is 7.